The molecule has 0 saturated heterocycles. The molecule has 0 aliphatic heterocycles. The van der Waals surface area contributed by atoms with E-state index in [2.05, 4.69) is 13.8 Å². The van der Waals surface area contributed by atoms with E-state index in [4.69, 9.17) is 15.6 Å². The van der Waals surface area contributed by atoms with Crippen LogP contribution in [0.3, 0.4) is 0 Å². The van der Waals surface area contributed by atoms with E-state index in [-0.39, 0.29) is 30.4 Å². The Morgan fingerprint density at radius 2 is 2.06 bits per heavy atom. The van der Waals surface area contributed by atoms with Crippen LogP contribution in [0.2, 0.25) is 0 Å². The van der Waals surface area contributed by atoms with E-state index in [0.29, 0.717) is 31.4 Å². The second-order valence-corrected chi connectivity index (χ2v) is 5.61. The number of ether oxygens (including phenoxy) is 1. The van der Waals surface area contributed by atoms with Crippen molar-refractivity contribution < 1.29 is 14.6 Å². The van der Waals surface area contributed by atoms with Crippen LogP contribution in [0.15, 0.2) is 0 Å². The van der Waals surface area contributed by atoms with E-state index in [9.17, 15) is 4.79 Å². The van der Waals surface area contributed by atoms with Crippen molar-refractivity contribution in [3.05, 3.63) is 0 Å². The van der Waals surface area contributed by atoms with Crippen molar-refractivity contribution in [2.45, 2.75) is 45.6 Å². The molecule has 0 amide bonds. The third kappa shape index (κ3) is 6.57. The molecule has 4 nitrogen and oxygen atoms in total. The van der Waals surface area contributed by atoms with Crippen LogP contribution >= 0.6 is 12.4 Å². The first kappa shape index (κ1) is 17.7. The third-order valence-corrected chi connectivity index (χ3v) is 3.28. The Kier molecular flexibility index (Phi) is 8.57. The highest BCUT2D eigenvalue weighted by atomic mass is 35.5. The maximum atomic E-state index is 11.6. The van der Waals surface area contributed by atoms with Gasteiger partial charge in [-0.1, -0.05) is 13.8 Å². The minimum absolute atomic E-state index is 0. The Balaban J connectivity index is 0.00000289. The van der Waals surface area contributed by atoms with Gasteiger partial charge in [0.15, 0.2) is 0 Å². The maximum absolute atomic E-state index is 11.6. The number of rotatable bonds is 7. The van der Waals surface area contributed by atoms with Crippen LogP contribution in [-0.2, 0) is 9.53 Å². The van der Waals surface area contributed by atoms with Crippen LogP contribution in [0.5, 0.6) is 0 Å². The largest absolute Gasteiger partial charge is 0.465 e. The summed E-state index contributed by atoms with van der Waals surface area (Å²) in [6, 6.07) is 0. The van der Waals surface area contributed by atoms with Crippen LogP contribution in [-0.4, -0.2) is 30.3 Å². The van der Waals surface area contributed by atoms with Crippen molar-refractivity contribution in [2.24, 2.45) is 23.5 Å². The molecule has 18 heavy (non-hydrogen) atoms. The lowest BCUT2D eigenvalue weighted by Crippen LogP contribution is -2.32. The standard InChI is InChI=1S/C13H25NO3.ClH/c1-9(2)3-10(7-14)6-13(16)17-8-11-4-12(15)5-11;/h9-12,15H,3-8,14H2,1-2H3;1H/t10-,11?,12?;/m0./s1. The van der Waals surface area contributed by atoms with Gasteiger partial charge in [0.2, 0.25) is 0 Å². The predicted octanol–water partition coefficient (Wildman–Crippen LogP) is 1.73. The third-order valence-electron chi connectivity index (χ3n) is 3.28. The Bertz CT molecular complexity index is 242. The first-order valence-electron chi connectivity index (χ1n) is 6.55. The number of hydrogen-bond acceptors (Lipinski definition) is 4. The molecule has 0 spiro atoms. The summed E-state index contributed by atoms with van der Waals surface area (Å²) < 4.78 is 5.20. The number of aliphatic hydroxyl groups is 1. The Morgan fingerprint density at radius 3 is 2.50 bits per heavy atom. The molecule has 0 aromatic carbocycles. The number of aliphatic hydroxyl groups excluding tert-OH is 1. The second-order valence-electron chi connectivity index (χ2n) is 5.61. The molecule has 0 aromatic heterocycles. The highest BCUT2D eigenvalue weighted by molar-refractivity contribution is 5.85. The summed E-state index contributed by atoms with van der Waals surface area (Å²) in [5, 5.41) is 9.11. The quantitative estimate of drug-likeness (QED) is 0.696. The minimum Gasteiger partial charge on any atom is -0.465 e. The lowest BCUT2D eigenvalue weighted by atomic mass is 9.83. The molecule has 1 aliphatic rings. The Labute approximate surface area is 116 Å². The summed E-state index contributed by atoms with van der Waals surface area (Å²) in [6.45, 7) is 5.25. The molecule has 0 aromatic rings. The lowest BCUT2D eigenvalue weighted by Gasteiger charge is -2.30. The van der Waals surface area contributed by atoms with E-state index < -0.39 is 0 Å². The molecular formula is C13H26ClNO3. The molecule has 1 saturated carbocycles. The molecule has 1 aliphatic carbocycles. The topological polar surface area (TPSA) is 72.6 Å². The van der Waals surface area contributed by atoms with Crippen molar-refractivity contribution in [3.63, 3.8) is 0 Å². The van der Waals surface area contributed by atoms with Gasteiger partial charge in [-0.15, -0.1) is 12.4 Å². The number of hydrogen-bond donors (Lipinski definition) is 2. The molecular weight excluding hydrogens is 254 g/mol. The van der Waals surface area contributed by atoms with E-state index in [0.717, 1.165) is 19.3 Å². The fourth-order valence-corrected chi connectivity index (χ4v) is 2.27. The fraction of sp³-hybridized carbons (Fsp3) is 0.923. The average Bonchev–Trinajstić information content (AvgIpc) is 2.21. The zero-order valence-electron chi connectivity index (χ0n) is 11.3. The van der Waals surface area contributed by atoms with Crippen LogP contribution in [0.25, 0.3) is 0 Å². The van der Waals surface area contributed by atoms with Crippen molar-refractivity contribution in [2.75, 3.05) is 13.2 Å². The zero-order valence-corrected chi connectivity index (χ0v) is 12.1. The lowest BCUT2D eigenvalue weighted by molar-refractivity contribution is -0.148. The maximum Gasteiger partial charge on any atom is 0.306 e. The highest BCUT2D eigenvalue weighted by Gasteiger charge is 2.28. The van der Waals surface area contributed by atoms with E-state index in [1.807, 2.05) is 0 Å². The van der Waals surface area contributed by atoms with Crippen molar-refractivity contribution in [3.8, 4) is 0 Å². The monoisotopic (exact) mass is 279 g/mol. The van der Waals surface area contributed by atoms with Crippen LogP contribution in [0.1, 0.15) is 39.5 Å². The second kappa shape index (κ2) is 8.73. The van der Waals surface area contributed by atoms with Gasteiger partial charge in [0.1, 0.15) is 0 Å². The normalized spacial score (nSPS) is 24.1. The van der Waals surface area contributed by atoms with Gasteiger partial charge in [-0.25, -0.2) is 0 Å². The first-order chi connectivity index (χ1) is 8.01. The molecule has 1 atom stereocenters. The summed E-state index contributed by atoms with van der Waals surface area (Å²) in [4.78, 5) is 11.6. The molecule has 0 bridgehead atoms. The number of nitrogens with two attached hydrogens (primary N) is 1. The van der Waals surface area contributed by atoms with Crippen LogP contribution in [0.4, 0.5) is 0 Å². The van der Waals surface area contributed by atoms with Crippen molar-refractivity contribution in [1.82, 2.24) is 0 Å². The number of esters is 1. The minimum atomic E-state index is -0.184. The average molecular weight is 280 g/mol. The summed E-state index contributed by atoms with van der Waals surface area (Å²) in [5.41, 5.74) is 5.64. The zero-order chi connectivity index (χ0) is 12.8. The van der Waals surface area contributed by atoms with E-state index in [1.165, 1.54) is 0 Å². The molecule has 1 fully saturated rings. The highest BCUT2D eigenvalue weighted by Crippen LogP contribution is 2.27. The number of carbonyl (C=O) groups excluding carboxylic acids is 1. The molecule has 108 valence electrons. The molecule has 0 radical (unpaired) electrons. The van der Waals surface area contributed by atoms with Crippen LogP contribution in [0, 0.1) is 17.8 Å². The van der Waals surface area contributed by atoms with Crippen LogP contribution < -0.4 is 5.73 Å². The first-order valence-corrected chi connectivity index (χ1v) is 6.55. The van der Waals surface area contributed by atoms with Gasteiger partial charge in [0.25, 0.3) is 0 Å². The Morgan fingerprint density at radius 1 is 1.44 bits per heavy atom. The van der Waals surface area contributed by atoms with Gasteiger partial charge in [-0.2, -0.15) is 0 Å². The smallest absolute Gasteiger partial charge is 0.306 e. The van der Waals surface area contributed by atoms with E-state index >= 15 is 0 Å². The van der Waals surface area contributed by atoms with Gasteiger partial charge in [-0.05, 0) is 43.6 Å². The predicted molar refractivity (Wildman–Crippen MR) is 73.6 cm³/mol. The van der Waals surface area contributed by atoms with Gasteiger partial charge in [-0.3, -0.25) is 4.79 Å². The van der Waals surface area contributed by atoms with Gasteiger partial charge in [0.05, 0.1) is 12.7 Å². The van der Waals surface area contributed by atoms with Gasteiger partial charge < -0.3 is 15.6 Å². The van der Waals surface area contributed by atoms with Crippen molar-refractivity contribution in [1.29, 1.82) is 0 Å². The Hall–Kier alpha value is -0.320. The molecule has 0 heterocycles. The van der Waals surface area contributed by atoms with Gasteiger partial charge in [0, 0.05) is 6.42 Å². The summed E-state index contributed by atoms with van der Waals surface area (Å²) in [7, 11) is 0. The number of halogens is 1. The summed E-state index contributed by atoms with van der Waals surface area (Å²) in [5.74, 6) is 0.991. The molecule has 1 rings (SSSR count). The fourth-order valence-electron chi connectivity index (χ4n) is 2.27. The van der Waals surface area contributed by atoms with Gasteiger partial charge >= 0.3 is 5.97 Å². The summed E-state index contributed by atoms with van der Waals surface area (Å²) in [6.07, 6.45) is 2.73. The number of carbonyl (C=O) groups is 1. The SMILES string of the molecule is CC(C)C[C@H](CN)CC(=O)OCC1CC(O)C1.Cl. The van der Waals surface area contributed by atoms with Crippen molar-refractivity contribution >= 4 is 18.4 Å². The van der Waals surface area contributed by atoms with E-state index in [1.54, 1.807) is 0 Å². The molecule has 3 N–H and O–H groups in total. The molecule has 5 heteroatoms. The molecule has 0 unspecified atom stereocenters. The summed E-state index contributed by atoms with van der Waals surface area (Å²) >= 11 is 0.